The lowest BCUT2D eigenvalue weighted by Crippen LogP contribution is -2.48. The van der Waals surface area contributed by atoms with E-state index in [1.807, 2.05) is 20.8 Å². The third-order valence-corrected chi connectivity index (χ3v) is 10.3. The molecular weight excluding hydrogens is 394 g/mol. The molecule has 1 saturated heterocycles. The Morgan fingerprint density at radius 2 is 1.83 bits per heavy atom. The molecule has 0 aliphatic carbocycles. The Morgan fingerprint density at radius 3 is 2.24 bits per heavy atom. The minimum Gasteiger partial charge on any atom is -0.404 e. The smallest absolute Gasteiger partial charge is 0.269 e. The van der Waals surface area contributed by atoms with Crippen LogP contribution in [0.15, 0.2) is 24.3 Å². The molecule has 0 radical (unpaired) electrons. The van der Waals surface area contributed by atoms with Gasteiger partial charge < -0.3 is 19.0 Å². The monoisotopic (exact) mass is 425 g/mol. The lowest BCUT2D eigenvalue weighted by Gasteiger charge is -2.35. The second-order valence-corrected chi connectivity index (χ2v) is 12.5. The number of benzene rings is 1. The number of nitro groups is 1. The summed E-state index contributed by atoms with van der Waals surface area (Å²) < 4.78 is 17.6. The van der Waals surface area contributed by atoms with Crippen LogP contribution in [0.1, 0.15) is 46.3 Å². The molecule has 0 bridgehead atoms. The van der Waals surface area contributed by atoms with Gasteiger partial charge in [0.25, 0.3) is 5.69 Å². The molecule has 1 aliphatic rings. The average molecular weight is 426 g/mol. The summed E-state index contributed by atoms with van der Waals surface area (Å²) in [5.74, 6) is -1.24. The maximum Gasteiger partial charge on any atom is 0.269 e. The summed E-state index contributed by atoms with van der Waals surface area (Å²) in [7, 11) is -2.24. The number of hydrogen-bond acceptors (Lipinski definition) is 7. The highest BCUT2D eigenvalue weighted by Gasteiger charge is 2.45. The maximum absolute atomic E-state index is 13.3. The van der Waals surface area contributed by atoms with E-state index in [1.165, 1.54) is 24.3 Å². The van der Waals surface area contributed by atoms with Gasteiger partial charge in [0.2, 0.25) is 0 Å². The summed E-state index contributed by atoms with van der Waals surface area (Å²) in [6.45, 7) is 9.67. The first-order valence-electron chi connectivity index (χ1n) is 10.0. The SMILES string of the molecule is CC[Si](CC)(CC)O[C@@H](C(=O)[C@@H]1COC(C)(C)O1)[C@@H](O)c1ccc([N+](=O)[O-])cc1. The number of aliphatic hydroxyl groups excluding tert-OH is 1. The molecule has 162 valence electrons. The van der Waals surface area contributed by atoms with Crippen LogP contribution < -0.4 is 0 Å². The number of carbonyl (C=O) groups is 1. The molecule has 2 rings (SSSR count). The van der Waals surface area contributed by atoms with Crippen LogP contribution in [0.3, 0.4) is 0 Å². The van der Waals surface area contributed by atoms with Gasteiger partial charge in [-0.1, -0.05) is 20.8 Å². The van der Waals surface area contributed by atoms with E-state index in [-0.39, 0.29) is 18.1 Å². The van der Waals surface area contributed by atoms with Gasteiger partial charge in [-0.2, -0.15) is 0 Å². The van der Waals surface area contributed by atoms with Gasteiger partial charge in [0, 0.05) is 12.1 Å². The zero-order valence-electron chi connectivity index (χ0n) is 17.7. The van der Waals surface area contributed by atoms with E-state index in [0.29, 0.717) is 5.56 Å². The quantitative estimate of drug-likeness (QED) is 0.345. The fourth-order valence-electron chi connectivity index (χ4n) is 3.53. The van der Waals surface area contributed by atoms with Crippen LogP contribution in [0, 0.1) is 10.1 Å². The van der Waals surface area contributed by atoms with Crippen molar-refractivity contribution in [3.8, 4) is 0 Å². The summed E-state index contributed by atoms with van der Waals surface area (Å²) in [5, 5.41) is 21.9. The van der Waals surface area contributed by atoms with Crippen LogP contribution in [0.25, 0.3) is 0 Å². The fourth-order valence-corrected chi connectivity index (χ4v) is 6.31. The highest BCUT2D eigenvalue weighted by atomic mass is 28.4. The zero-order chi connectivity index (χ0) is 21.8. The average Bonchev–Trinajstić information content (AvgIpc) is 3.08. The van der Waals surface area contributed by atoms with E-state index in [9.17, 15) is 20.0 Å². The highest BCUT2D eigenvalue weighted by Crippen LogP contribution is 2.33. The van der Waals surface area contributed by atoms with Crippen molar-refractivity contribution in [1.82, 2.24) is 0 Å². The van der Waals surface area contributed by atoms with E-state index < -0.39 is 37.3 Å². The number of hydrogen-bond donors (Lipinski definition) is 1. The number of Topliss-reactive ketones (excluding diaryl/α,β-unsaturated/α-hetero) is 1. The van der Waals surface area contributed by atoms with Gasteiger partial charge in [0.1, 0.15) is 18.3 Å². The Bertz CT molecular complexity index is 710. The lowest BCUT2D eigenvalue weighted by molar-refractivity contribution is -0.384. The number of aliphatic hydroxyl groups is 1. The molecule has 1 aromatic carbocycles. The number of ketones is 1. The van der Waals surface area contributed by atoms with E-state index in [0.717, 1.165) is 18.1 Å². The van der Waals surface area contributed by atoms with E-state index >= 15 is 0 Å². The van der Waals surface area contributed by atoms with Crippen molar-refractivity contribution in [1.29, 1.82) is 0 Å². The number of rotatable bonds is 10. The Hall–Kier alpha value is -1.65. The molecule has 1 heterocycles. The first-order chi connectivity index (χ1) is 13.6. The van der Waals surface area contributed by atoms with E-state index in [4.69, 9.17) is 13.9 Å². The largest absolute Gasteiger partial charge is 0.404 e. The summed E-state index contributed by atoms with van der Waals surface area (Å²) in [4.78, 5) is 23.7. The Morgan fingerprint density at radius 1 is 1.28 bits per heavy atom. The van der Waals surface area contributed by atoms with Gasteiger partial charge in [-0.3, -0.25) is 14.9 Å². The molecule has 0 aromatic heterocycles. The lowest BCUT2D eigenvalue weighted by atomic mass is 9.98. The van der Waals surface area contributed by atoms with Crippen molar-refractivity contribution in [2.24, 2.45) is 0 Å². The third kappa shape index (κ3) is 5.49. The van der Waals surface area contributed by atoms with Crippen molar-refractivity contribution in [3.63, 3.8) is 0 Å². The van der Waals surface area contributed by atoms with Crippen molar-refractivity contribution in [2.45, 2.75) is 76.8 Å². The van der Waals surface area contributed by atoms with Crippen LogP contribution in [-0.2, 0) is 18.7 Å². The molecule has 3 atom stereocenters. The summed E-state index contributed by atoms with van der Waals surface area (Å²) in [6.07, 6.45) is -3.21. The Labute approximate surface area is 172 Å². The van der Waals surface area contributed by atoms with Gasteiger partial charge in [-0.05, 0) is 49.7 Å². The van der Waals surface area contributed by atoms with Gasteiger partial charge in [-0.15, -0.1) is 0 Å². The normalized spacial score (nSPS) is 21.0. The van der Waals surface area contributed by atoms with Gasteiger partial charge in [0.15, 0.2) is 19.9 Å². The topological polar surface area (TPSA) is 108 Å². The van der Waals surface area contributed by atoms with Gasteiger partial charge >= 0.3 is 0 Å². The van der Waals surface area contributed by atoms with E-state index in [1.54, 1.807) is 13.8 Å². The molecule has 29 heavy (non-hydrogen) atoms. The second-order valence-electron chi connectivity index (χ2n) is 7.80. The van der Waals surface area contributed by atoms with Crippen LogP contribution in [0.4, 0.5) is 5.69 Å². The zero-order valence-corrected chi connectivity index (χ0v) is 18.7. The Balaban J connectivity index is 2.34. The second kappa shape index (κ2) is 9.44. The molecule has 1 fully saturated rings. The van der Waals surface area contributed by atoms with Crippen molar-refractivity contribution < 1.29 is 28.7 Å². The molecule has 9 heteroatoms. The minimum atomic E-state index is -2.24. The molecule has 0 unspecified atom stereocenters. The van der Waals surface area contributed by atoms with Gasteiger partial charge in [0.05, 0.1) is 11.5 Å². The summed E-state index contributed by atoms with van der Waals surface area (Å²) in [6, 6.07) is 7.95. The first kappa shape index (κ1) is 23.6. The number of nitro benzene ring substituents is 1. The van der Waals surface area contributed by atoms with E-state index in [2.05, 4.69) is 0 Å². The van der Waals surface area contributed by atoms with Crippen molar-refractivity contribution >= 4 is 19.8 Å². The van der Waals surface area contributed by atoms with Crippen LogP contribution in [-0.4, -0.2) is 48.7 Å². The molecule has 0 spiro atoms. The fraction of sp³-hybridized carbons (Fsp3) is 0.650. The van der Waals surface area contributed by atoms with Gasteiger partial charge in [-0.25, -0.2) is 0 Å². The van der Waals surface area contributed by atoms with Crippen LogP contribution in [0.2, 0.25) is 18.1 Å². The molecule has 8 nitrogen and oxygen atoms in total. The standard InChI is InChI=1S/C20H31NO7Si/c1-6-29(7-2,8-3)28-19(18(23)16-13-26-20(4,5)27-16)17(22)14-9-11-15(12-10-14)21(24)25/h9-12,16-17,19,22H,6-8,13H2,1-5H3/t16-,17-,19+/m0/s1. The number of carbonyl (C=O) groups excluding carboxylic acids is 1. The molecule has 1 aromatic rings. The number of ether oxygens (including phenoxy) is 2. The Kier molecular flexibility index (Phi) is 7.69. The maximum atomic E-state index is 13.3. The summed E-state index contributed by atoms with van der Waals surface area (Å²) >= 11 is 0. The minimum absolute atomic E-state index is 0.0848. The molecule has 0 amide bonds. The first-order valence-corrected chi connectivity index (χ1v) is 12.6. The van der Waals surface area contributed by atoms with Crippen LogP contribution >= 0.6 is 0 Å². The molecule has 1 aliphatic heterocycles. The molecule has 1 N–H and O–H groups in total. The third-order valence-electron chi connectivity index (χ3n) is 5.65. The number of nitrogens with zero attached hydrogens (tertiary/aromatic N) is 1. The van der Waals surface area contributed by atoms with Crippen LogP contribution in [0.5, 0.6) is 0 Å². The summed E-state index contributed by atoms with van der Waals surface area (Å²) in [5.41, 5.74) is 0.303. The number of non-ortho nitro benzene ring substituents is 1. The molecule has 0 saturated carbocycles. The predicted octanol–water partition coefficient (Wildman–Crippen LogP) is 3.74. The van der Waals surface area contributed by atoms with Crippen molar-refractivity contribution in [3.05, 3.63) is 39.9 Å². The van der Waals surface area contributed by atoms with Crippen molar-refractivity contribution in [2.75, 3.05) is 6.61 Å². The predicted molar refractivity (Wildman–Crippen MR) is 110 cm³/mol. The highest BCUT2D eigenvalue weighted by molar-refractivity contribution is 6.73. The molecular formula is C20H31NO7Si.